The summed E-state index contributed by atoms with van der Waals surface area (Å²) in [5, 5.41) is 4.10. The molecule has 0 saturated heterocycles. The van der Waals surface area contributed by atoms with E-state index in [9.17, 15) is 4.79 Å². The molecule has 0 spiro atoms. The van der Waals surface area contributed by atoms with Gasteiger partial charge in [0, 0.05) is 5.56 Å². The summed E-state index contributed by atoms with van der Waals surface area (Å²) in [7, 11) is 4.73. The van der Waals surface area contributed by atoms with E-state index >= 15 is 0 Å². The number of methoxy groups -OCH3 is 3. The van der Waals surface area contributed by atoms with Gasteiger partial charge in [0.15, 0.2) is 6.61 Å². The maximum Gasteiger partial charge on any atom is 0.277 e. The minimum atomic E-state index is -0.373. The molecule has 2 aromatic rings. The third-order valence-corrected chi connectivity index (χ3v) is 3.57. The van der Waals surface area contributed by atoms with Crippen LogP contribution in [0.1, 0.15) is 12.5 Å². The first-order valence-electron chi connectivity index (χ1n) is 7.89. The molecule has 0 bridgehead atoms. The van der Waals surface area contributed by atoms with Crippen LogP contribution in [0, 0.1) is 0 Å². The fraction of sp³-hybridized carbons (Fsp3) is 0.263. The molecule has 0 aliphatic heterocycles. The first kappa shape index (κ1) is 19.1. The quantitative estimate of drug-likeness (QED) is 0.580. The van der Waals surface area contributed by atoms with Gasteiger partial charge in [0.2, 0.25) is 0 Å². The molecule has 0 unspecified atom stereocenters. The molecule has 2 aromatic carbocycles. The van der Waals surface area contributed by atoms with Crippen molar-refractivity contribution in [1.82, 2.24) is 5.43 Å². The van der Waals surface area contributed by atoms with Gasteiger partial charge in [0.05, 0.1) is 27.0 Å². The molecule has 2 rings (SSSR count). The van der Waals surface area contributed by atoms with E-state index in [1.165, 1.54) is 0 Å². The molecule has 138 valence electrons. The molecule has 0 fully saturated rings. The maximum atomic E-state index is 11.9. The predicted octanol–water partition coefficient (Wildman–Crippen LogP) is 2.63. The average Bonchev–Trinajstić information content (AvgIpc) is 2.70. The molecular weight excluding hydrogens is 336 g/mol. The van der Waals surface area contributed by atoms with Gasteiger partial charge in [-0.05, 0) is 49.4 Å². The minimum Gasteiger partial charge on any atom is -0.497 e. The van der Waals surface area contributed by atoms with E-state index in [4.69, 9.17) is 18.9 Å². The van der Waals surface area contributed by atoms with Crippen LogP contribution in [-0.4, -0.2) is 39.6 Å². The summed E-state index contributed by atoms with van der Waals surface area (Å²) in [5.41, 5.74) is 3.77. The number of benzene rings is 2. The topological polar surface area (TPSA) is 78.4 Å². The SMILES string of the molecule is COc1ccc(OCC(=O)NN=C(C)c2cc(OC)ccc2OC)cc1. The second kappa shape index (κ2) is 9.31. The van der Waals surface area contributed by atoms with Gasteiger partial charge in [0.1, 0.15) is 23.0 Å². The first-order valence-corrected chi connectivity index (χ1v) is 7.89. The number of amides is 1. The molecule has 0 heterocycles. The summed E-state index contributed by atoms with van der Waals surface area (Å²) in [5.74, 6) is 2.22. The van der Waals surface area contributed by atoms with Crippen LogP contribution in [-0.2, 0) is 4.79 Å². The second-order valence-corrected chi connectivity index (χ2v) is 5.26. The second-order valence-electron chi connectivity index (χ2n) is 5.26. The van der Waals surface area contributed by atoms with Crippen LogP contribution in [0.25, 0.3) is 0 Å². The Labute approximate surface area is 152 Å². The van der Waals surface area contributed by atoms with Crippen molar-refractivity contribution in [1.29, 1.82) is 0 Å². The van der Waals surface area contributed by atoms with Gasteiger partial charge in [-0.3, -0.25) is 4.79 Å². The van der Waals surface area contributed by atoms with E-state index in [0.29, 0.717) is 28.7 Å². The van der Waals surface area contributed by atoms with Gasteiger partial charge in [-0.25, -0.2) is 5.43 Å². The summed E-state index contributed by atoms with van der Waals surface area (Å²) in [6.45, 7) is 1.61. The number of nitrogens with zero attached hydrogens (tertiary/aromatic N) is 1. The van der Waals surface area contributed by atoms with E-state index in [2.05, 4.69) is 10.5 Å². The fourth-order valence-electron chi connectivity index (χ4n) is 2.16. The molecule has 0 radical (unpaired) electrons. The third-order valence-electron chi connectivity index (χ3n) is 3.57. The molecule has 0 aromatic heterocycles. The Morgan fingerprint density at radius 2 is 1.54 bits per heavy atom. The Kier molecular flexibility index (Phi) is 6.84. The van der Waals surface area contributed by atoms with Gasteiger partial charge in [-0.15, -0.1) is 0 Å². The molecule has 0 aliphatic carbocycles. The molecule has 0 saturated carbocycles. The third kappa shape index (κ3) is 5.14. The van der Waals surface area contributed by atoms with Crippen molar-refractivity contribution in [2.24, 2.45) is 5.10 Å². The number of hydrogen-bond acceptors (Lipinski definition) is 6. The summed E-state index contributed by atoms with van der Waals surface area (Å²) in [4.78, 5) is 11.9. The highest BCUT2D eigenvalue weighted by Gasteiger charge is 2.09. The van der Waals surface area contributed by atoms with Crippen LogP contribution in [0.3, 0.4) is 0 Å². The van der Waals surface area contributed by atoms with Crippen LogP contribution in [0.4, 0.5) is 0 Å². The standard InChI is InChI=1S/C19H22N2O5/c1-13(17-11-16(24-3)9-10-18(17)25-4)20-21-19(22)12-26-15-7-5-14(23-2)6-8-15/h5-11H,12H2,1-4H3,(H,21,22). The van der Waals surface area contributed by atoms with Gasteiger partial charge < -0.3 is 18.9 Å². The number of hydrazone groups is 1. The molecule has 7 heteroatoms. The van der Waals surface area contributed by atoms with Gasteiger partial charge in [0.25, 0.3) is 5.91 Å². The zero-order valence-corrected chi connectivity index (χ0v) is 15.2. The van der Waals surface area contributed by atoms with Crippen molar-refractivity contribution < 1.29 is 23.7 Å². The number of carbonyl (C=O) groups excluding carboxylic acids is 1. The monoisotopic (exact) mass is 358 g/mol. The molecule has 7 nitrogen and oxygen atoms in total. The summed E-state index contributed by atoms with van der Waals surface area (Å²) >= 11 is 0. The highest BCUT2D eigenvalue weighted by atomic mass is 16.5. The number of rotatable bonds is 8. The summed E-state index contributed by atoms with van der Waals surface area (Å²) in [6.07, 6.45) is 0. The molecular formula is C19H22N2O5. The molecule has 0 atom stereocenters. The van der Waals surface area contributed by atoms with Crippen molar-refractivity contribution in [2.45, 2.75) is 6.92 Å². The van der Waals surface area contributed by atoms with Gasteiger partial charge in [-0.2, -0.15) is 5.10 Å². The van der Waals surface area contributed by atoms with Crippen molar-refractivity contribution >= 4 is 11.6 Å². The van der Waals surface area contributed by atoms with Crippen LogP contribution in [0.5, 0.6) is 23.0 Å². The normalized spacial score (nSPS) is 10.8. The molecule has 1 N–H and O–H groups in total. The van der Waals surface area contributed by atoms with E-state index in [1.807, 2.05) is 0 Å². The number of hydrogen-bond donors (Lipinski definition) is 1. The van der Waals surface area contributed by atoms with Crippen LogP contribution in [0.15, 0.2) is 47.6 Å². The minimum absolute atomic E-state index is 0.154. The van der Waals surface area contributed by atoms with Gasteiger partial charge >= 0.3 is 0 Å². The first-order chi connectivity index (χ1) is 12.6. The van der Waals surface area contributed by atoms with Crippen molar-refractivity contribution in [3.05, 3.63) is 48.0 Å². The number of nitrogens with one attached hydrogen (secondary N) is 1. The summed E-state index contributed by atoms with van der Waals surface area (Å²) in [6, 6.07) is 12.3. The van der Waals surface area contributed by atoms with E-state index in [-0.39, 0.29) is 12.5 Å². The molecule has 0 aliphatic rings. The summed E-state index contributed by atoms with van der Waals surface area (Å²) < 4.78 is 21.0. The van der Waals surface area contributed by atoms with Crippen LogP contribution in [0.2, 0.25) is 0 Å². The predicted molar refractivity (Wildman–Crippen MR) is 98.4 cm³/mol. The average molecular weight is 358 g/mol. The Bertz CT molecular complexity index is 772. The Morgan fingerprint density at radius 1 is 0.923 bits per heavy atom. The van der Waals surface area contributed by atoms with Crippen LogP contribution < -0.4 is 24.4 Å². The Morgan fingerprint density at radius 3 is 2.15 bits per heavy atom. The van der Waals surface area contributed by atoms with Crippen molar-refractivity contribution in [3.8, 4) is 23.0 Å². The fourth-order valence-corrected chi connectivity index (χ4v) is 2.16. The lowest BCUT2D eigenvalue weighted by Gasteiger charge is -2.10. The van der Waals surface area contributed by atoms with Crippen molar-refractivity contribution in [3.63, 3.8) is 0 Å². The van der Waals surface area contributed by atoms with E-state index in [0.717, 1.165) is 5.56 Å². The lowest BCUT2D eigenvalue weighted by Crippen LogP contribution is -2.25. The zero-order chi connectivity index (χ0) is 18.9. The number of carbonyl (C=O) groups is 1. The lowest BCUT2D eigenvalue weighted by atomic mass is 10.1. The van der Waals surface area contributed by atoms with E-state index in [1.54, 1.807) is 70.7 Å². The Balaban J connectivity index is 1.96. The van der Waals surface area contributed by atoms with Crippen molar-refractivity contribution in [2.75, 3.05) is 27.9 Å². The smallest absolute Gasteiger partial charge is 0.277 e. The lowest BCUT2D eigenvalue weighted by molar-refractivity contribution is -0.123. The maximum absolute atomic E-state index is 11.9. The van der Waals surface area contributed by atoms with E-state index < -0.39 is 0 Å². The number of ether oxygens (including phenoxy) is 4. The largest absolute Gasteiger partial charge is 0.497 e. The molecule has 1 amide bonds. The zero-order valence-electron chi connectivity index (χ0n) is 15.2. The van der Waals surface area contributed by atoms with Crippen LogP contribution >= 0.6 is 0 Å². The highest BCUT2D eigenvalue weighted by molar-refractivity contribution is 6.02. The molecule has 26 heavy (non-hydrogen) atoms. The Hall–Kier alpha value is -3.22. The van der Waals surface area contributed by atoms with Gasteiger partial charge in [-0.1, -0.05) is 0 Å². The highest BCUT2D eigenvalue weighted by Crippen LogP contribution is 2.24.